The molecular formula is C26H19ClN2O3S. The predicted octanol–water partition coefficient (Wildman–Crippen LogP) is 6.68. The summed E-state index contributed by atoms with van der Waals surface area (Å²) in [6.07, 6.45) is 1.44. The lowest BCUT2D eigenvalue weighted by atomic mass is 9.93. The SMILES string of the molecule is Cc1ccccc1-c1cc(C(OCc2cc3c(cc2Cl)OCO3)c2cncs2)ccc1C#N. The van der Waals surface area contributed by atoms with Crippen LogP contribution in [0, 0.1) is 18.3 Å². The second-order valence-corrected chi connectivity index (χ2v) is 8.95. The Morgan fingerprint density at radius 3 is 2.70 bits per heavy atom. The topological polar surface area (TPSA) is 64.4 Å². The normalized spacial score (nSPS) is 13.0. The summed E-state index contributed by atoms with van der Waals surface area (Å²) >= 11 is 7.98. The van der Waals surface area contributed by atoms with Gasteiger partial charge in [-0.3, -0.25) is 4.98 Å². The third kappa shape index (κ3) is 4.31. The minimum atomic E-state index is -0.366. The van der Waals surface area contributed by atoms with Crippen LogP contribution in [0.1, 0.15) is 33.2 Å². The molecule has 1 atom stereocenters. The third-order valence-electron chi connectivity index (χ3n) is 5.56. The zero-order chi connectivity index (χ0) is 22.8. The number of ether oxygens (including phenoxy) is 3. The van der Waals surface area contributed by atoms with Crippen molar-refractivity contribution in [3.63, 3.8) is 0 Å². The fourth-order valence-electron chi connectivity index (χ4n) is 3.86. The van der Waals surface area contributed by atoms with Gasteiger partial charge in [0.15, 0.2) is 11.5 Å². The Bertz CT molecular complexity index is 1350. The number of aryl methyl sites for hydroxylation is 1. The average Bonchev–Trinajstić information content (AvgIpc) is 3.52. The number of aromatic nitrogens is 1. The van der Waals surface area contributed by atoms with Gasteiger partial charge in [-0.25, -0.2) is 0 Å². The average molecular weight is 475 g/mol. The zero-order valence-electron chi connectivity index (χ0n) is 17.7. The van der Waals surface area contributed by atoms with E-state index in [1.807, 2.05) is 61.7 Å². The summed E-state index contributed by atoms with van der Waals surface area (Å²) in [7, 11) is 0. The molecule has 0 fully saturated rings. The molecule has 1 aliphatic rings. The summed E-state index contributed by atoms with van der Waals surface area (Å²) in [6, 6.07) is 19.8. The Kier molecular flexibility index (Phi) is 6.01. The molecule has 0 amide bonds. The summed E-state index contributed by atoms with van der Waals surface area (Å²) in [5.74, 6) is 1.30. The van der Waals surface area contributed by atoms with E-state index >= 15 is 0 Å². The van der Waals surface area contributed by atoms with Gasteiger partial charge in [0.05, 0.1) is 33.6 Å². The minimum absolute atomic E-state index is 0.187. The van der Waals surface area contributed by atoms with Crippen LogP contribution in [0.4, 0.5) is 0 Å². The number of benzene rings is 3. The highest BCUT2D eigenvalue weighted by molar-refractivity contribution is 7.09. The van der Waals surface area contributed by atoms with Crippen LogP contribution < -0.4 is 9.47 Å². The van der Waals surface area contributed by atoms with Gasteiger partial charge in [-0.2, -0.15) is 5.26 Å². The van der Waals surface area contributed by atoms with E-state index in [-0.39, 0.29) is 19.5 Å². The molecule has 0 bridgehead atoms. The molecule has 0 saturated heterocycles. The van der Waals surface area contributed by atoms with E-state index in [9.17, 15) is 5.26 Å². The first-order chi connectivity index (χ1) is 16.1. The number of halogens is 1. The first kappa shape index (κ1) is 21.5. The first-order valence-electron chi connectivity index (χ1n) is 10.3. The van der Waals surface area contributed by atoms with Crippen LogP contribution in [0.2, 0.25) is 5.02 Å². The molecule has 5 rings (SSSR count). The Morgan fingerprint density at radius 2 is 1.94 bits per heavy atom. The van der Waals surface area contributed by atoms with E-state index in [1.54, 1.807) is 11.6 Å². The van der Waals surface area contributed by atoms with Gasteiger partial charge < -0.3 is 14.2 Å². The molecule has 0 spiro atoms. The van der Waals surface area contributed by atoms with E-state index in [2.05, 4.69) is 11.1 Å². The van der Waals surface area contributed by atoms with E-state index < -0.39 is 0 Å². The van der Waals surface area contributed by atoms with Crippen molar-refractivity contribution in [3.05, 3.63) is 98.5 Å². The molecule has 0 aliphatic carbocycles. The lowest BCUT2D eigenvalue weighted by Crippen LogP contribution is -2.06. The number of nitrogens with zero attached hydrogens (tertiary/aromatic N) is 2. The lowest BCUT2D eigenvalue weighted by Gasteiger charge is -2.19. The molecule has 1 aliphatic heterocycles. The lowest BCUT2D eigenvalue weighted by molar-refractivity contribution is 0.0688. The number of fused-ring (bicyclic) bond motifs is 1. The second kappa shape index (κ2) is 9.24. The van der Waals surface area contributed by atoms with Crippen LogP contribution in [0.25, 0.3) is 11.1 Å². The second-order valence-electron chi connectivity index (χ2n) is 7.62. The van der Waals surface area contributed by atoms with E-state index in [0.717, 1.165) is 32.7 Å². The molecule has 0 radical (unpaired) electrons. The predicted molar refractivity (Wildman–Crippen MR) is 128 cm³/mol. The minimum Gasteiger partial charge on any atom is -0.454 e. The molecule has 1 unspecified atom stereocenters. The van der Waals surface area contributed by atoms with Crippen LogP contribution >= 0.6 is 22.9 Å². The number of nitriles is 1. The fourth-order valence-corrected chi connectivity index (χ4v) is 4.76. The summed E-state index contributed by atoms with van der Waals surface area (Å²) in [5, 5.41) is 10.3. The van der Waals surface area contributed by atoms with E-state index in [0.29, 0.717) is 22.1 Å². The molecule has 164 valence electrons. The maximum absolute atomic E-state index is 9.72. The molecule has 2 heterocycles. The van der Waals surface area contributed by atoms with Crippen molar-refractivity contribution in [2.75, 3.05) is 6.79 Å². The quantitative estimate of drug-likeness (QED) is 0.312. The first-order valence-corrected chi connectivity index (χ1v) is 11.6. The maximum atomic E-state index is 9.72. The fraction of sp³-hybridized carbons (Fsp3) is 0.154. The summed E-state index contributed by atoms with van der Waals surface area (Å²) < 4.78 is 17.3. The molecule has 0 saturated carbocycles. The van der Waals surface area contributed by atoms with Gasteiger partial charge in [-0.05, 0) is 41.8 Å². The molecule has 33 heavy (non-hydrogen) atoms. The molecule has 5 nitrogen and oxygen atoms in total. The van der Waals surface area contributed by atoms with Crippen LogP contribution in [0.15, 0.2) is 66.3 Å². The Morgan fingerprint density at radius 1 is 1.12 bits per heavy atom. The Labute approximate surface area is 200 Å². The summed E-state index contributed by atoms with van der Waals surface area (Å²) in [5.41, 5.74) is 7.16. The number of thiazole rings is 1. The van der Waals surface area contributed by atoms with Crippen molar-refractivity contribution < 1.29 is 14.2 Å². The van der Waals surface area contributed by atoms with Crippen LogP contribution in [-0.4, -0.2) is 11.8 Å². The van der Waals surface area contributed by atoms with Gasteiger partial charge in [0.2, 0.25) is 6.79 Å². The van der Waals surface area contributed by atoms with Crippen molar-refractivity contribution in [1.29, 1.82) is 5.26 Å². The van der Waals surface area contributed by atoms with Crippen LogP contribution in [-0.2, 0) is 11.3 Å². The van der Waals surface area contributed by atoms with Gasteiger partial charge in [-0.15, -0.1) is 11.3 Å². The number of rotatable bonds is 6. The highest BCUT2D eigenvalue weighted by Gasteiger charge is 2.22. The van der Waals surface area contributed by atoms with Gasteiger partial charge >= 0.3 is 0 Å². The third-order valence-corrected chi connectivity index (χ3v) is 6.73. The van der Waals surface area contributed by atoms with Gasteiger partial charge in [-0.1, -0.05) is 41.9 Å². The van der Waals surface area contributed by atoms with Crippen molar-refractivity contribution in [2.45, 2.75) is 19.6 Å². The summed E-state index contributed by atoms with van der Waals surface area (Å²) in [6.45, 7) is 2.51. The van der Waals surface area contributed by atoms with Gasteiger partial charge in [0.25, 0.3) is 0 Å². The smallest absolute Gasteiger partial charge is 0.231 e. The Hall–Kier alpha value is -3.37. The van der Waals surface area contributed by atoms with Crippen molar-refractivity contribution in [2.24, 2.45) is 0 Å². The number of hydrogen-bond donors (Lipinski definition) is 0. The Balaban J connectivity index is 1.51. The molecule has 7 heteroatoms. The zero-order valence-corrected chi connectivity index (χ0v) is 19.3. The van der Waals surface area contributed by atoms with Crippen molar-refractivity contribution in [3.8, 4) is 28.7 Å². The highest BCUT2D eigenvalue weighted by atomic mass is 35.5. The van der Waals surface area contributed by atoms with Crippen molar-refractivity contribution in [1.82, 2.24) is 4.98 Å². The molecule has 0 N–H and O–H groups in total. The number of hydrogen-bond acceptors (Lipinski definition) is 6. The summed E-state index contributed by atoms with van der Waals surface area (Å²) in [4.78, 5) is 5.21. The van der Waals surface area contributed by atoms with E-state index in [4.69, 9.17) is 25.8 Å². The molecule has 4 aromatic rings. The van der Waals surface area contributed by atoms with E-state index in [1.165, 1.54) is 11.3 Å². The molecule has 1 aromatic heterocycles. The largest absolute Gasteiger partial charge is 0.454 e. The standard InChI is InChI=1S/C26H19ClN2O3S/c1-16-4-2-3-5-20(16)21-8-17(6-7-18(21)11-28)26(25-12-29-14-33-25)30-13-19-9-23-24(10-22(19)27)32-15-31-23/h2-10,12,14,26H,13,15H2,1H3. The van der Waals surface area contributed by atoms with Gasteiger partial charge in [0, 0.05) is 23.4 Å². The van der Waals surface area contributed by atoms with Gasteiger partial charge in [0.1, 0.15) is 6.10 Å². The monoisotopic (exact) mass is 474 g/mol. The highest BCUT2D eigenvalue weighted by Crippen LogP contribution is 2.39. The van der Waals surface area contributed by atoms with Crippen LogP contribution in [0.3, 0.4) is 0 Å². The van der Waals surface area contributed by atoms with Crippen LogP contribution in [0.5, 0.6) is 11.5 Å². The van der Waals surface area contributed by atoms with Crippen molar-refractivity contribution >= 4 is 22.9 Å². The molecular weight excluding hydrogens is 456 g/mol. The molecule has 3 aromatic carbocycles. The maximum Gasteiger partial charge on any atom is 0.231 e.